The van der Waals surface area contributed by atoms with Gasteiger partial charge in [0.05, 0.1) is 24.5 Å². The summed E-state index contributed by atoms with van der Waals surface area (Å²) < 4.78 is 1.73. The molecule has 1 heterocycles. The molecule has 0 bridgehead atoms. The zero-order valence-corrected chi connectivity index (χ0v) is 11.1. The summed E-state index contributed by atoms with van der Waals surface area (Å²) in [5.74, 6) is -0.440. The maximum Gasteiger partial charge on any atom is 0.248 e. The van der Waals surface area contributed by atoms with Crippen LogP contribution < -0.4 is 5.73 Å². The molecule has 0 saturated carbocycles. The third-order valence-corrected chi connectivity index (χ3v) is 3.01. The summed E-state index contributed by atoms with van der Waals surface area (Å²) in [6, 6.07) is 7.47. The Labute approximate surface area is 111 Å². The van der Waals surface area contributed by atoms with Gasteiger partial charge in [0.15, 0.2) is 0 Å². The molecule has 0 fully saturated rings. The van der Waals surface area contributed by atoms with Crippen LogP contribution in [0.3, 0.4) is 0 Å². The van der Waals surface area contributed by atoms with E-state index in [9.17, 15) is 4.79 Å². The van der Waals surface area contributed by atoms with Gasteiger partial charge in [-0.25, -0.2) is 0 Å². The van der Waals surface area contributed by atoms with Gasteiger partial charge in [-0.1, -0.05) is 12.1 Å². The van der Waals surface area contributed by atoms with Crippen molar-refractivity contribution in [3.8, 4) is 11.3 Å². The normalized spacial score (nSPS) is 10.7. The van der Waals surface area contributed by atoms with E-state index in [1.165, 1.54) is 0 Å². The lowest BCUT2D eigenvalue weighted by molar-refractivity contribution is 0.0999. The molecule has 0 saturated heterocycles. The Morgan fingerprint density at radius 2 is 2.11 bits per heavy atom. The number of amides is 1. The van der Waals surface area contributed by atoms with Gasteiger partial charge in [-0.3, -0.25) is 9.48 Å². The van der Waals surface area contributed by atoms with Crippen LogP contribution in [0, 0.1) is 13.8 Å². The molecule has 0 aliphatic carbocycles. The van der Waals surface area contributed by atoms with E-state index in [1.54, 1.807) is 10.7 Å². The Hall–Kier alpha value is -2.14. The van der Waals surface area contributed by atoms with Crippen LogP contribution in [0.5, 0.6) is 0 Å². The number of carbonyl (C=O) groups is 1. The molecule has 0 aliphatic rings. The highest BCUT2D eigenvalue weighted by Crippen LogP contribution is 2.23. The zero-order valence-electron chi connectivity index (χ0n) is 11.1. The van der Waals surface area contributed by atoms with E-state index in [4.69, 9.17) is 10.8 Å². The van der Waals surface area contributed by atoms with Crippen LogP contribution in [0.15, 0.2) is 24.3 Å². The second kappa shape index (κ2) is 5.24. The number of primary amides is 1. The lowest BCUT2D eigenvalue weighted by Gasteiger charge is -2.08. The molecule has 19 heavy (non-hydrogen) atoms. The highest BCUT2D eigenvalue weighted by molar-refractivity contribution is 5.95. The van der Waals surface area contributed by atoms with Gasteiger partial charge in [0.2, 0.25) is 5.91 Å². The minimum absolute atomic E-state index is 0.0165. The van der Waals surface area contributed by atoms with E-state index in [0.29, 0.717) is 12.1 Å². The molecule has 2 aromatic rings. The minimum Gasteiger partial charge on any atom is -0.394 e. The summed E-state index contributed by atoms with van der Waals surface area (Å²) in [5, 5.41) is 13.4. The van der Waals surface area contributed by atoms with Gasteiger partial charge >= 0.3 is 0 Å². The Kier molecular flexibility index (Phi) is 3.66. The number of hydrogen-bond donors (Lipinski definition) is 2. The lowest BCUT2D eigenvalue weighted by atomic mass is 10.0. The molecular weight excluding hydrogens is 242 g/mol. The molecule has 100 valence electrons. The molecule has 0 atom stereocenters. The largest absolute Gasteiger partial charge is 0.394 e. The fraction of sp³-hybridized carbons (Fsp3) is 0.286. The van der Waals surface area contributed by atoms with Crippen molar-refractivity contribution in [2.24, 2.45) is 5.73 Å². The van der Waals surface area contributed by atoms with Crippen LogP contribution in [0.2, 0.25) is 0 Å². The van der Waals surface area contributed by atoms with Gasteiger partial charge < -0.3 is 10.8 Å². The highest BCUT2D eigenvalue weighted by Gasteiger charge is 2.11. The molecule has 2 rings (SSSR count). The van der Waals surface area contributed by atoms with Crippen molar-refractivity contribution in [2.45, 2.75) is 20.4 Å². The van der Waals surface area contributed by atoms with E-state index >= 15 is 0 Å². The number of aliphatic hydroxyl groups is 1. The topological polar surface area (TPSA) is 81.1 Å². The number of aryl methyl sites for hydroxylation is 2. The Bertz CT molecular complexity index is 617. The maximum absolute atomic E-state index is 11.4. The molecule has 0 unspecified atom stereocenters. The summed E-state index contributed by atoms with van der Waals surface area (Å²) in [6.45, 7) is 4.17. The van der Waals surface area contributed by atoms with Crippen molar-refractivity contribution in [3.05, 3.63) is 41.1 Å². The van der Waals surface area contributed by atoms with Crippen LogP contribution in [-0.2, 0) is 6.54 Å². The molecule has 5 heteroatoms. The SMILES string of the molecule is Cc1cc(-c2ccc(C)c(C(N)=O)c2)n(CCO)n1. The van der Waals surface area contributed by atoms with E-state index in [-0.39, 0.29) is 6.61 Å². The summed E-state index contributed by atoms with van der Waals surface area (Å²) in [5.41, 5.74) is 9.32. The van der Waals surface area contributed by atoms with E-state index in [0.717, 1.165) is 22.5 Å². The van der Waals surface area contributed by atoms with Crippen molar-refractivity contribution in [1.82, 2.24) is 9.78 Å². The monoisotopic (exact) mass is 259 g/mol. The van der Waals surface area contributed by atoms with Crippen LogP contribution >= 0.6 is 0 Å². The number of hydrogen-bond acceptors (Lipinski definition) is 3. The van der Waals surface area contributed by atoms with Crippen molar-refractivity contribution in [3.63, 3.8) is 0 Å². The first kappa shape index (κ1) is 13.3. The minimum atomic E-state index is -0.440. The summed E-state index contributed by atoms with van der Waals surface area (Å²) >= 11 is 0. The fourth-order valence-corrected chi connectivity index (χ4v) is 2.09. The molecular formula is C14H17N3O2. The first-order valence-corrected chi connectivity index (χ1v) is 6.09. The van der Waals surface area contributed by atoms with E-state index < -0.39 is 5.91 Å². The van der Waals surface area contributed by atoms with Crippen molar-refractivity contribution < 1.29 is 9.90 Å². The second-order valence-electron chi connectivity index (χ2n) is 4.51. The quantitative estimate of drug-likeness (QED) is 0.867. The van der Waals surface area contributed by atoms with Gasteiger partial charge in [-0.05, 0) is 31.5 Å². The molecule has 3 N–H and O–H groups in total. The first-order valence-electron chi connectivity index (χ1n) is 6.09. The Balaban J connectivity index is 2.52. The van der Waals surface area contributed by atoms with Gasteiger partial charge in [0, 0.05) is 11.1 Å². The highest BCUT2D eigenvalue weighted by atomic mass is 16.3. The van der Waals surface area contributed by atoms with Crippen LogP contribution in [0.1, 0.15) is 21.6 Å². The standard InChI is InChI=1S/C14H17N3O2/c1-9-3-4-11(8-12(9)14(15)19)13-7-10(2)16-17(13)5-6-18/h3-4,7-8,18H,5-6H2,1-2H3,(H2,15,19). The fourth-order valence-electron chi connectivity index (χ4n) is 2.09. The van der Waals surface area contributed by atoms with Crippen molar-refractivity contribution >= 4 is 5.91 Å². The third-order valence-electron chi connectivity index (χ3n) is 3.01. The first-order chi connectivity index (χ1) is 9.02. The van der Waals surface area contributed by atoms with Gasteiger partial charge in [-0.2, -0.15) is 5.10 Å². The van der Waals surface area contributed by atoms with Crippen LogP contribution in [0.25, 0.3) is 11.3 Å². The maximum atomic E-state index is 11.4. The van der Waals surface area contributed by atoms with E-state index in [1.807, 2.05) is 32.0 Å². The number of carbonyl (C=O) groups excluding carboxylic acids is 1. The predicted octanol–water partition coefficient (Wildman–Crippen LogP) is 1.26. The Morgan fingerprint density at radius 1 is 1.37 bits per heavy atom. The molecule has 0 spiro atoms. The van der Waals surface area contributed by atoms with Crippen molar-refractivity contribution in [2.75, 3.05) is 6.61 Å². The zero-order chi connectivity index (χ0) is 14.0. The number of aliphatic hydroxyl groups excluding tert-OH is 1. The molecule has 0 aliphatic heterocycles. The number of benzene rings is 1. The molecule has 5 nitrogen and oxygen atoms in total. The average Bonchev–Trinajstić information content (AvgIpc) is 2.71. The molecule has 1 amide bonds. The summed E-state index contributed by atoms with van der Waals surface area (Å²) in [4.78, 5) is 11.4. The van der Waals surface area contributed by atoms with Gasteiger partial charge in [0.25, 0.3) is 0 Å². The second-order valence-corrected chi connectivity index (χ2v) is 4.51. The predicted molar refractivity (Wildman–Crippen MR) is 72.7 cm³/mol. The van der Waals surface area contributed by atoms with E-state index in [2.05, 4.69) is 5.10 Å². The lowest BCUT2D eigenvalue weighted by Crippen LogP contribution is -2.13. The molecule has 1 aromatic carbocycles. The number of aromatic nitrogens is 2. The number of nitrogens with zero attached hydrogens (tertiary/aromatic N) is 2. The molecule has 0 radical (unpaired) electrons. The number of rotatable bonds is 4. The van der Waals surface area contributed by atoms with Crippen molar-refractivity contribution in [1.29, 1.82) is 0 Å². The van der Waals surface area contributed by atoms with Gasteiger partial charge in [-0.15, -0.1) is 0 Å². The third kappa shape index (κ3) is 2.66. The van der Waals surface area contributed by atoms with Gasteiger partial charge in [0.1, 0.15) is 0 Å². The summed E-state index contributed by atoms with van der Waals surface area (Å²) in [7, 11) is 0. The number of nitrogens with two attached hydrogens (primary N) is 1. The smallest absolute Gasteiger partial charge is 0.248 e. The summed E-state index contributed by atoms with van der Waals surface area (Å²) in [6.07, 6.45) is 0. The average molecular weight is 259 g/mol. The van der Waals surface area contributed by atoms with Crippen LogP contribution in [-0.4, -0.2) is 27.4 Å². The Morgan fingerprint density at radius 3 is 2.74 bits per heavy atom. The molecule has 1 aromatic heterocycles. The van der Waals surface area contributed by atoms with Crippen LogP contribution in [0.4, 0.5) is 0 Å².